The number of alkyl halides is 2. The van der Waals surface area contributed by atoms with Gasteiger partial charge in [-0.05, 0) is 17.7 Å². The van der Waals surface area contributed by atoms with Crippen LogP contribution in [-0.2, 0) is 4.74 Å². The average molecular weight is 215 g/mol. The third-order valence-electron chi connectivity index (χ3n) is 1.96. The molecule has 0 bridgehead atoms. The van der Waals surface area contributed by atoms with Crippen LogP contribution in [0, 0.1) is 0 Å². The topological polar surface area (TPSA) is 52.3 Å². The average Bonchev–Trinajstić information content (AvgIpc) is 2.27. The van der Waals surface area contributed by atoms with Gasteiger partial charge in [-0.1, -0.05) is 12.1 Å². The number of methoxy groups -OCH3 is 1. The summed E-state index contributed by atoms with van der Waals surface area (Å²) in [6.45, 7) is 0. The molecule has 0 aliphatic carbocycles. The molecule has 0 fully saturated rings. The lowest BCUT2D eigenvalue weighted by Gasteiger charge is -2.11. The van der Waals surface area contributed by atoms with Crippen molar-refractivity contribution in [3.8, 4) is 0 Å². The number of esters is 1. The summed E-state index contributed by atoms with van der Waals surface area (Å²) in [6.07, 6.45) is -2.65. The van der Waals surface area contributed by atoms with Gasteiger partial charge in [0, 0.05) is 0 Å². The molecular weight excluding hydrogens is 204 g/mol. The molecule has 1 aromatic rings. The maximum absolute atomic E-state index is 12.3. The molecule has 82 valence electrons. The van der Waals surface area contributed by atoms with Crippen LogP contribution in [0.25, 0.3) is 0 Å². The molecule has 0 amide bonds. The minimum absolute atomic E-state index is 0.214. The van der Waals surface area contributed by atoms with E-state index in [1.165, 1.54) is 31.4 Å². The Balaban J connectivity index is 2.97. The van der Waals surface area contributed by atoms with Gasteiger partial charge in [0.2, 0.25) is 0 Å². The van der Waals surface area contributed by atoms with E-state index in [4.69, 9.17) is 5.73 Å². The van der Waals surface area contributed by atoms with Gasteiger partial charge >= 0.3 is 5.97 Å². The lowest BCUT2D eigenvalue weighted by molar-refractivity contribution is 0.0600. The van der Waals surface area contributed by atoms with Crippen LogP contribution in [0.4, 0.5) is 8.78 Å². The first-order chi connectivity index (χ1) is 7.06. The Morgan fingerprint density at radius 3 is 2.67 bits per heavy atom. The molecule has 0 aliphatic rings. The molecule has 0 heterocycles. The molecule has 0 aliphatic heterocycles. The van der Waals surface area contributed by atoms with Crippen LogP contribution >= 0.6 is 0 Å². The minimum atomic E-state index is -2.65. The Bertz CT molecular complexity index is 355. The molecule has 5 heteroatoms. The van der Waals surface area contributed by atoms with Crippen molar-refractivity contribution in [3.05, 3.63) is 35.4 Å². The van der Waals surface area contributed by atoms with Crippen LogP contribution in [0.3, 0.4) is 0 Å². The molecule has 2 N–H and O–H groups in total. The van der Waals surface area contributed by atoms with E-state index in [-0.39, 0.29) is 11.1 Å². The van der Waals surface area contributed by atoms with Gasteiger partial charge in [-0.2, -0.15) is 0 Å². The van der Waals surface area contributed by atoms with Gasteiger partial charge in [0.1, 0.15) is 0 Å². The van der Waals surface area contributed by atoms with Crippen LogP contribution < -0.4 is 5.73 Å². The fourth-order valence-corrected chi connectivity index (χ4v) is 1.14. The summed E-state index contributed by atoms with van der Waals surface area (Å²) in [7, 11) is 1.22. The Hall–Kier alpha value is -1.49. The van der Waals surface area contributed by atoms with Crippen LogP contribution in [-0.4, -0.2) is 19.5 Å². The van der Waals surface area contributed by atoms with Crippen LogP contribution in [0.1, 0.15) is 22.0 Å². The van der Waals surface area contributed by atoms with E-state index in [0.29, 0.717) is 0 Å². The number of ether oxygens (including phenoxy) is 1. The van der Waals surface area contributed by atoms with Crippen LogP contribution in [0.5, 0.6) is 0 Å². The van der Waals surface area contributed by atoms with Crippen molar-refractivity contribution in [2.45, 2.75) is 12.5 Å². The summed E-state index contributed by atoms with van der Waals surface area (Å²) in [6, 6.07) is 4.35. The van der Waals surface area contributed by atoms with Gasteiger partial charge < -0.3 is 10.5 Å². The first-order valence-electron chi connectivity index (χ1n) is 4.28. The highest BCUT2D eigenvalue weighted by Gasteiger charge is 2.18. The summed E-state index contributed by atoms with van der Waals surface area (Å²) in [5.41, 5.74) is 5.68. The fourth-order valence-electron chi connectivity index (χ4n) is 1.14. The number of rotatable bonds is 3. The molecule has 0 saturated carbocycles. The summed E-state index contributed by atoms with van der Waals surface area (Å²) >= 11 is 0. The number of carbonyl (C=O) groups is 1. The first-order valence-corrected chi connectivity index (χ1v) is 4.28. The highest BCUT2D eigenvalue weighted by atomic mass is 19.3. The SMILES string of the molecule is COC(=O)c1cccc([C@H](N)C(F)F)c1. The van der Waals surface area contributed by atoms with E-state index in [1.807, 2.05) is 0 Å². The lowest BCUT2D eigenvalue weighted by atomic mass is 10.1. The van der Waals surface area contributed by atoms with Crippen molar-refractivity contribution in [1.29, 1.82) is 0 Å². The zero-order chi connectivity index (χ0) is 11.4. The normalized spacial score (nSPS) is 12.6. The minimum Gasteiger partial charge on any atom is -0.465 e. The Kier molecular flexibility index (Phi) is 3.74. The van der Waals surface area contributed by atoms with Crippen molar-refractivity contribution in [2.24, 2.45) is 5.73 Å². The molecule has 0 saturated heterocycles. The molecule has 3 nitrogen and oxygen atoms in total. The molecule has 1 atom stereocenters. The molecular formula is C10H11F2NO2. The fraction of sp³-hybridized carbons (Fsp3) is 0.300. The van der Waals surface area contributed by atoms with E-state index >= 15 is 0 Å². The summed E-state index contributed by atoms with van der Waals surface area (Å²) in [5, 5.41) is 0. The van der Waals surface area contributed by atoms with Gasteiger partial charge in [-0.25, -0.2) is 13.6 Å². The molecule has 15 heavy (non-hydrogen) atoms. The summed E-state index contributed by atoms with van der Waals surface area (Å²) in [4.78, 5) is 11.1. The van der Waals surface area contributed by atoms with Gasteiger partial charge in [-0.15, -0.1) is 0 Å². The van der Waals surface area contributed by atoms with E-state index < -0.39 is 18.4 Å². The highest BCUT2D eigenvalue weighted by Crippen LogP contribution is 2.19. The zero-order valence-electron chi connectivity index (χ0n) is 8.11. The van der Waals surface area contributed by atoms with Crippen molar-refractivity contribution in [1.82, 2.24) is 0 Å². The summed E-state index contributed by atoms with van der Waals surface area (Å²) < 4.78 is 29.0. The van der Waals surface area contributed by atoms with Crippen molar-refractivity contribution in [2.75, 3.05) is 7.11 Å². The number of hydrogen-bond donors (Lipinski definition) is 1. The van der Waals surface area contributed by atoms with E-state index in [0.717, 1.165) is 0 Å². The smallest absolute Gasteiger partial charge is 0.337 e. The predicted octanol–water partition coefficient (Wildman–Crippen LogP) is 1.74. The molecule has 0 aromatic heterocycles. The summed E-state index contributed by atoms with van der Waals surface area (Å²) in [5.74, 6) is -0.571. The number of halogens is 2. The zero-order valence-corrected chi connectivity index (χ0v) is 8.11. The largest absolute Gasteiger partial charge is 0.465 e. The maximum atomic E-state index is 12.3. The molecule has 1 aromatic carbocycles. The molecule has 0 unspecified atom stereocenters. The predicted molar refractivity (Wildman–Crippen MR) is 50.7 cm³/mol. The molecule has 1 rings (SSSR count). The Morgan fingerprint density at radius 2 is 2.13 bits per heavy atom. The molecule has 0 spiro atoms. The second-order valence-electron chi connectivity index (χ2n) is 2.98. The second-order valence-corrected chi connectivity index (χ2v) is 2.98. The lowest BCUT2D eigenvalue weighted by Crippen LogP contribution is -2.19. The third-order valence-corrected chi connectivity index (χ3v) is 1.96. The quantitative estimate of drug-likeness (QED) is 0.781. The highest BCUT2D eigenvalue weighted by molar-refractivity contribution is 5.89. The van der Waals surface area contributed by atoms with Gasteiger partial charge in [-0.3, -0.25) is 0 Å². The van der Waals surface area contributed by atoms with E-state index in [1.54, 1.807) is 0 Å². The second kappa shape index (κ2) is 4.84. The van der Waals surface area contributed by atoms with Crippen molar-refractivity contribution >= 4 is 5.97 Å². The van der Waals surface area contributed by atoms with E-state index in [9.17, 15) is 13.6 Å². The number of benzene rings is 1. The Labute approximate surface area is 85.8 Å². The number of nitrogens with two attached hydrogens (primary N) is 1. The Morgan fingerprint density at radius 1 is 1.47 bits per heavy atom. The van der Waals surface area contributed by atoms with Crippen LogP contribution in [0.15, 0.2) is 24.3 Å². The molecule has 0 radical (unpaired) electrons. The van der Waals surface area contributed by atoms with Crippen LogP contribution in [0.2, 0.25) is 0 Å². The van der Waals surface area contributed by atoms with Gasteiger partial charge in [0.05, 0.1) is 18.7 Å². The third kappa shape index (κ3) is 2.73. The standard InChI is InChI=1S/C10H11F2NO2/c1-15-10(14)7-4-2-3-6(5-7)8(13)9(11)12/h2-5,8-9H,13H2,1H3/t8-/m0/s1. The van der Waals surface area contributed by atoms with Crippen molar-refractivity contribution < 1.29 is 18.3 Å². The first kappa shape index (κ1) is 11.6. The van der Waals surface area contributed by atoms with Gasteiger partial charge in [0.15, 0.2) is 0 Å². The maximum Gasteiger partial charge on any atom is 0.337 e. The number of hydrogen-bond acceptors (Lipinski definition) is 3. The van der Waals surface area contributed by atoms with Gasteiger partial charge in [0.25, 0.3) is 6.43 Å². The van der Waals surface area contributed by atoms with Crippen molar-refractivity contribution in [3.63, 3.8) is 0 Å². The monoisotopic (exact) mass is 215 g/mol. The number of carbonyl (C=O) groups excluding carboxylic acids is 1. The van der Waals surface area contributed by atoms with E-state index in [2.05, 4.69) is 4.74 Å².